The molecule has 0 saturated carbocycles. The molecule has 0 radical (unpaired) electrons. The molecule has 198 valence electrons. The molecule has 0 amide bonds. The van der Waals surface area contributed by atoms with Crippen LogP contribution in [0.15, 0.2) is 152 Å². The smallest absolute Gasteiger partial charge is 0.160 e. The fourth-order valence-corrected chi connectivity index (χ4v) is 7.10. The lowest BCUT2D eigenvalue weighted by Crippen LogP contribution is -2.28. The number of aromatic nitrogens is 2. The first-order chi connectivity index (χ1) is 20.8. The fraction of sp³-hybridized carbons (Fsp3) is 0.0256. The number of hydrogen-bond acceptors (Lipinski definition) is 3. The zero-order valence-corrected chi connectivity index (χ0v) is 23.0. The lowest BCUT2D eigenvalue weighted by atomic mass is 9.71. The summed E-state index contributed by atoms with van der Waals surface area (Å²) in [6, 6.07) is 42.5. The molecule has 3 heteroatoms. The van der Waals surface area contributed by atoms with Gasteiger partial charge in [0.1, 0.15) is 0 Å². The SMILES string of the molecule is C=CC1=C(/C=C/N)C2(c3ccccc31)c1ccccc1-c1c(-c3cccc4ccccc34)nc(-c3ccccc3)nc12. The molecule has 3 nitrogen and oxygen atoms in total. The Morgan fingerprint density at radius 1 is 0.643 bits per heavy atom. The van der Waals surface area contributed by atoms with Crippen molar-refractivity contribution >= 4 is 16.3 Å². The molecule has 2 aliphatic carbocycles. The topological polar surface area (TPSA) is 51.8 Å². The van der Waals surface area contributed by atoms with E-state index in [9.17, 15) is 0 Å². The van der Waals surface area contributed by atoms with Crippen LogP contribution in [0.25, 0.3) is 50.1 Å². The first-order valence-electron chi connectivity index (χ1n) is 14.2. The lowest BCUT2D eigenvalue weighted by molar-refractivity contribution is 0.751. The Labute approximate surface area is 245 Å². The van der Waals surface area contributed by atoms with Crippen molar-refractivity contribution in [1.82, 2.24) is 9.97 Å². The Morgan fingerprint density at radius 3 is 2.07 bits per heavy atom. The van der Waals surface area contributed by atoms with Gasteiger partial charge in [-0.3, -0.25) is 0 Å². The van der Waals surface area contributed by atoms with Gasteiger partial charge in [-0.25, -0.2) is 9.97 Å². The van der Waals surface area contributed by atoms with Crippen LogP contribution in [0, 0.1) is 0 Å². The van der Waals surface area contributed by atoms with Crippen molar-refractivity contribution in [2.45, 2.75) is 5.41 Å². The second kappa shape index (κ2) is 9.25. The maximum Gasteiger partial charge on any atom is 0.160 e. The van der Waals surface area contributed by atoms with E-state index in [2.05, 4.69) is 110 Å². The van der Waals surface area contributed by atoms with Crippen LogP contribution in [-0.2, 0) is 5.41 Å². The standard InChI is InChI=1S/C39H27N3/c1-2-27-29-18-8-10-21-32(29)39(34(27)23-24-40)33-22-11-9-19-31(33)35-36(30-20-12-16-25-13-6-7-17-28(25)30)41-38(42-37(35)39)26-14-4-3-5-15-26/h2-24H,1,40H2/b24-23+. The van der Waals surface area contributed by atoms with Gasteiger partial charge in [0.15, 0.2) is 5.82 Å². The van der Waals surface area contributed by atoms with Crippen LogP contribution in [-0.4, -0.2) is 9.97 Å². The minimum absolute atomic E-state index is 0.673. The van der Waals surface area contributed by atoms with Gasteiger partial charge in [0.05, 0.1) is 16.8 Å². The van der Waals surface area contributed by atoms with Crippen LogP contribution >= 0.6 is 0 Å². The molecule has 1 unspecified atom stereocenters. The zero-order chi connectivity index (χ0) is 28.3. The Bertz CT molecular complexity index is 2110. The maximum absolute atomic E-state index is 6.17. The van der Waals surface area contributed by atoms with Gasteiger partial charge in [-0.1, -0.05) is 134 Å². The first kappa shape index (κ1) is 24.3. The van der Waals surface area contributed by atoms with Crippen molar-refractivity contribution in [3.63, 3.8) is 0 Å². The molecular weight excluding hydrogens is 510 g/mol. The van der Waals surface area contributed by atoms with Crippen LogP contribution < -0.4 is 5.73 Å². The first-order valence-corrected chi connectivity index (χ1v) is 14.2. The average Bonchev–Trinajstić information content (AvgIpc) is 3.51. The van der Waals surface area contributed by atoms with Gasteiger partial charge in [-0.15, -0.1) is 0 Å². The number of rotatable bonds is 4. The summed E-state index contributed by atoms with van der Waals surface area (Å²) in [6.45, 7) is 4.24. The summed E-state index contributed by atoms with van der Waals surface area (Å²) < 4.78 is 0. The molecule has 2 aliphatic rings. The summed E-state index contributed by atoms with van der Waals surface area (Å²) in [7, 11) is 0. The highest BCUT2D eigenvalue weighted by Crippen LogP contribution is 2.63. The molecule has 1 spiro atoms. The van der Waals surface area contributed by atoms with Crippen LogP contribution in [0.3, 0.4) is 0 Å². The number of benzene rings is 5. The summed E-state index contributed by atoms with van der Waals surface area (Å²) in [5.74, 6) is 0.699. The predicted molar refractivity (Wildman–Crippen MR) is 173 cm³/mol. The summed E-state index contributed by atoms with van der Waals surface area (Å²) in [5, 5.41) is 2.34. The van der Waals surface area contributed by atoms with E-state index in [1.54, 1.807) is 6.20 Å². The monoisotopic (exact) mass is 537 g/mol. The molecule has 0 fully saturated rings. The van der Waals surface area contributed by atoms with E-state index in [-0.39, 0.29) is 0 Å². The number of hydrogen-bond donors (Lipinski definition) is 1. The van der Waals surface area contributed by atoms with Gasteiger partial charge in [0, 0.05) is 16.7 Å². The summed E-state index contributed by atoms with van der Waals surface area (Å²) >= 11 is 0. The zero-order valence-electron chi connectivity index (χ0n) is 23.0. The molecule has 42 heavy (non-hydrogen) atoms. The van der Waals surface area contributed by atoms with Crippen molar-refractivity contribution in [3.05, 3.63) is 174 Å². The normalized spacial score (nSPS) is 16.7. The van der Waals surface area contributed by atoms with Crippen molar-refractivity contribution in [1.29, 1.82) is 0 Å². The molecule has 2 N–H and O–H groups in total. The second-order valence-electron chi connectivity index (χ2n) is 10.7. The fourth-order valence-electron chi connectivity index (χ4n) is 7.10. The molecule has 5 aromatic carbocycles. The van der Waals surface area contributed by atoms with Crippen LogP contribution in [0.5, 0.6) is 0 Å². The highest BCUT2D eigenvalue weighted by Gasteiger charge is 2.54. The van der Waals surface area contributed by atoms with E-state index in [0.717, 1.165) is 55.7 Å². The number of nitrogens with zero attached hydrogens (tertiary/aromatic N) is 2. The maximum atomic E-state index is 6.17. The van der Waals surface area contributed by atoms with E-state index in [1.807, 2.05) is 30.4 Å². The third kappa shape index (κ3) is 3.16. The molecule has 0 bridgehead atoms. The van der Waals surface area contributed by atoms with E-state index in [4.69, 9.17) is 15.7 Å². The third-order valence-electron chi connectivity index (χ3n) is 8.72. The lowest BCUT2D eigenvalue weighted by Gasteiger charge is -2.30. The minimum atomic E-state index is -0.673. The summed E-state index contributed by atoms with van der Waals surface area (Å²) in [4.78, 5) is 10.9. The average molecular weight is 538 g/mol. The van der Waals surface area contributed by atoms with Crippen LogP contribution in [0.4, 0.5) is 0 Å². The molecule has 8 rings (SSSR count). The second-order valence-corrected chi connectivity index (χ2v) is 10.7. The number of allylic oxidation sites excluding steroid dienone is 4. The molecular formula is C39H27N3. The Balaban J connectivity index is 1.59. The van der Waals surface area contributed by atoms with Crippen LogP contribution in [0.2, 0.25) is 0 Å². The van der Waals surface area contributed by atoms with Gasteiger partial charge < -0.3 is 5.73 Å². The van der Waals surface area contributed by atoms with Gasteiger partial charge >= 0.3 is 0 Å². The molecule has 6 aromatic rings. The quantitative estimate of drug-likeness (QED) is 0.245. The molecule has 0 aliphatic heterocycles. The van der Waals surface area contributed by atoms with Crippen LogP contribution in [0.1, 0.15) is 22.4 Å². The Kier molecular flexibility index (Phi) is 5.35. The Hall–Kier alpha value is -5.54. The van der Waals surface area contributed by atoms with Gasteiger partial charge in [-0.2, -0.15) is 0 Å². The highest BCUT2D eigenvalue weighted by molar-refractivity contribution is 6.04. The van der Waals surface area contributed by atoms with Crippen molar-refractivity contribution in [2.24, 2.45) is 5.73 Å². The molecule has 0 saturated heterocycles. The Morgan fingerprint density at radius 2 is 1.29 bits per heavy atom. The van der Waals surface area contributed by atoms with Gasteiger partial charge in [0.25, 0.3) is 0 Å². The van der Waals surface area contributed by atoms with Gasteiger partial charge in [-0.05, 0) is 56.4 Å². The van der Waals surface area contributed by atoms with E-state index in [1.165, 1.54) is 16.5 Å². The minimum Gasteiger partial charge on any atom is -0.405 e. The largest absolute Gasteiger partial charge is 0.405 e. The summed E-state index contributed by atoms with van der Waals surface area (Å²) in [5.41, 5.74) is 17.3. The highest BCUT2D eigenvalue weighted by atomic mass is 14.9. The van der Waals surface area contributed by atoms with Crippen molar-refractivity contribution in [2.75, 3.05) is 0 Å². The predicted octanol–water partition coefficient (Wildman–Crippen LogP) is 8.70. The molecule has 1 heterocycles. The molecule has 1 aromatic heterocycles. The van der Waals surface area contributed by atoms with E-state index < -0.39 is 5.41 Å². The van der Waals surface area contributed by atoms with Crippen molar-refractivity contribution < 1.29 is 0 Å². The number of nitrogens with two attached hydrogens (primary N) is 1. The molecule has 1 atom stereocenters. The van der Waals surface area contributed by atoms with E-state index >= 15 is 0 Å². The third-order valence-corrected chi connectivity index (χ3v) is 8.72. The van der Waals surface area contributed by atoms with E-state index in [0.29, 0.717) is 5.82 Å². The summed E-state index contributed by atoms with van der Waals surface area (Å²) in [6.07, 6.45) is 5.62. The number of fused-ring (bicyclic) bond motifs is 8. The van der Waals surface area contributed by atoms with Crippen molar-refractivity contribution in [3.8, 4) is 33.8 Å². The van der Waals surface area contributed by atoms with Gasteiger partial charge in [0.2, 0.25) is 0 Å².